The smallest absolute Gasteiger partial charge is 0.256 e. The van der Waals surface area contributed by atoms with Gasteiger partial charge in [-0.15, -0.1) is 0 Å². The first kappa shape index (κ1) is 59.8. The molecule has 24 nitrogen and oxygen atoms in total. The maximum absolute atomic E-state index is 14.0. The fourth-order valence-electron chi connectivity index (χ4n) is 12.1. The van der Waals surface area contributed by atoms with Crippen molar-refractivity contribution >= 4 is 82.3 Å². The number of aromatic nitrogens is 6. The van der Waals surface area contributed by atoms with E-state index >= 15 is 0 Å². The van der Waals surface area contributed by atoms with Gasteiger partial charge in [-0.25, -0.2) is 38.4 Å². The van der Waals surface area contributed by atoms with Gasteiger partial charge in [0.15, 0.2) is 0 Å². The van der Waals surface area contributed by atoms with Gasteiger partial charge in [0.1, 0.15) is 34.9 Å². The van der Waals surface area contributed by atoms with Gasteiger partial charge in [-0.1, -0.05) is 0 Å². The number of fused-ring (bicyclic) bond motifs is 6. The minimum atomic E-state index is -3.35. The molecule has 12 rings (SSSR count). The fraction of sp³-hybridized carbons (Fsp3) is 0.444. The van der Waals surface area contributed by atoms with Gasteiger partial charge in [-0.2, -0.15) is 42.3 Å². The molecular weight excluding hydrogens is 1160 g/mol. The highest BCUT2D eigenvalue weighted by Gasteiger charge is 2.38. The number of benzene rings is 3. The number of nitrogens with one attached hydrogen (secondary N) is 3. The van der Waals surface area contributed by atoms with Gasteiger partial charge in [0.05, 0.1) is 73.2 Å². The molecule has 3 aromatic carbocycles. The third-order valence-electron chi connectivity index (χ3n) is 16.4. The second-order valence-corrected chi connectivity index (χ2v) is 28.0. The Labute approximate surface area is 484 Å². The number of aryl methyl sites for hydroxylation is 3. The summed E-state index contributed by atoms with van der Waals surface area (Å²) < 4.78 is 120. The second kappa shape index (κ2) is 22.6. The zero-order valence-electron chi connectivity index (χ0n) is 47.1. The molecule has 6 aliphatic heterocycles. The van der Waals surface area contributed by atoms with Crippen LogP contribution in [0.3, 0.4) is 0 Å². The van der Waals surface area contributed by atoms with E-state index in [-0.39, 0.29) is 54.8 Å². The monoisotopic (exact) mass is 1220 g/mol. The van der Waals surface area contributed by atoms with E-state index in [1.807, 2.05) is 0 Å². The summed E-state index contributed by atoms with van der Waals surface area (Å²) in [5, 5.41) is 22.7. The highest BCUT2D eigenvalue weighted by atomic mass is 32.2. The van der Waals surface area contributed by atoms with Crippen LogP contribution in [0.4, 0.5) is 47.7 Å². The molecule has 30 heteroatoms. The first-order valence-electron chi connectivity index (χ1n) is 27.2. The van der Waals surface area contributed by atoms with Crippen molar-refractivity contribution in [2.45, 2.75) is 96.7 Å². The minimum absolute atomic E-state index is 0.0925. The number of halogens is 3. The van der Waals surface area contributed by atoms with E-state index in [1.165, 1.54) is 49.3 Å². The maximum atomic E-state index is 14.0. The summed E-state index contributed by atoms with van der Waals surface area (Å²) in [6.07, 6.45) is 6.12. The van der Waals surface area contributed by atoms with Crippen molar-refractivity contribution in [3.8, 4) is 0 Å². The Morgan fingerprint density at radius 2 is 0.714 bits per heavy atom. The van der Waals surface area contributed by atoms with E-state index in [4.69, 9.17) is 17.2 Å². The Kier molecular flexibility index (Phi) is 16.1. The molecule has 450 valence electrons. The first-order valence-corrected chi connectivity index (χ1v) is 32.7. The summed E-state index contributed by atoms with van der Waals surface area (Å²) in [5.74, 6) is -3.16. The first-order chi connectivity index (χ1) is 39.5. The fourth-order valence-corrected chi connectivity index (χ4v) is 14.4. The van der Waals surface area contributed by atoms with Gasteiger partial charge < -0.3 is 33.2 Å². The van der Waals surface area contributed by atoms with Crippen LogP contribution in [-0.4, -0.2) is 143 Å². The zero-order chi connectivity index (χ0) is 60.6. The molecule has 9 N–H and O–H groups in total. The number of nitrogen functional groups attached to an aromatic ring is 3. The number of carbonyl (C=O) groups is 3. The van der Waals surface area contributed by atoms with Crippen LogP contribution >= 0.6 is 0 Å². The van der Waals surface area contributed by atoms with Crippen LogP contribution in [0, 0.1) is 38.2 Å². The van der Waals surface area contributed by atoms with Crippen molar-refractivity contribution in [2.75, 3.05) is 91.2 Å². The van der Waals surface area contributed by atoms with Crippen molar-refractivity contribution in [3.63, 3.8) is 0 Å². The predicted molar refractivity (Wildman–Crippen MR) is 310 cm³/mol. The number of nitrogens with two attached hydrogens (primary N) is 3. The molecule has 0 bridgehead atoms. The predicted octanol–water partition coefficient (Wildman–Crippen LogP) is 4.41. The normalized spacial score (nSPS) is 19.6. The highest BCUT2D eigenvalue weighted by Crippen LogP contribution is 2.40. The molecule has 6 aliphatic rings. The van der Waals surface area contributed by atoms with E-state index in [9.17, 15) is 52.8 Å². The lowest BCUT2D eigenvalue weighted by molar-refractivity contribution is 0.0851. The number of rotatable bonds is 6. The molecule has 0 saturated carbocycles. The van der Waals surface area contributed by atoms with Crippen LogP contribution in [0.2, 0.25) is 0 Å². The summed E-state index contributed by atoms with van der Waals surface area (Å²) in [5.41, 5.74) is 28.5. The van der Waals surface area contributed by atoms with Gasteiger partial charge >= 0.3 is 0 Å². The third kappa shape index (κ3) is 11.5. The second-order valence-electron chi connectivity index (χ2n) is 22.1. The van der Waals surface area contributed by atoms with Crippen LogP contribution in [-0.2, 0) is 69.0 Å². The Morgan fingerprint density at radius 3 is 0.952 bits per heavy atom. The number of sulfonamides is 3. The third-order valence-corrected chi connectivity index (χ3v) is 20.1. The van der Waals surface area contributed by atoms with Crippen LogP contribution in [0.25, 0.3) is 0 Å². The van der Waals surface area contributed by atoms with E-state index in [0.717, 1.165) is 66.6 Å². The average molecular weight is 1220 g/mol. The summed E-state index contributed by atoms with van der Waals surface area (Å²) in [6, 6.07) is 8.42. The minimum Gasteiger partial charge on any atom is -0.385 e. The van der Waals surface area contributed by atoms with E-state index in [2.05, 4.69) is 31.2 Å². The molecule has 0 spiro atoms. The SMILES string of the molecule is Cc1cc(F)cc2c1NCCC2C(=O)n1nc2c(c1N)CCN(S(C)(=O)=O)C2.Cc1cc(F)cc2c1NCC[C@@H]2C(=O)n1nc2c(c1N)CCN(S(C)(=O)=O)C2.Cc1cc(F)cc2c1NCC[C@H]2C(=O)n1nc2c(c1N)CCN(S(C)(=O)=O)C2. The number of carbonyl (C=O) groups excluding carboxylic acids is 3. The van der Waals surface area contributed by atoms with E-state index in [0.29, 0.717) is 128 Å². The van der Waals surface area contributed by atoms with Crippen molar-refractivity contribution in [1.82, 2.24) is 42.3 Å². The lowest BCUT2D eigenvalue weighted by Gasteiger charge is -2.27. The van der Waals surface area contributed by atoms with Crippen molar-refractivity contribution in [2.24, 2.45) is 0 Å². The van der Waals surface area contributed by atoms with Crippen molar-refractivity contribution < 1.29 is 52.8 Å². The molecule has 9 heterocycles. The molecule has 3 atom stereocenters. The lowest BCUT2D eigenvalue weighted by atomic mass is 9.88. The molecule has 0 radical (unpaired) electrons. The molecule has 84 heavy (non-hydrogen) atoms. The molecular formula is C54H66F3N15O9S3. The maximum Gasteiger partial charge on any atom is 0.256 e. The average Bonchev–Trinajstić information content (AvgIpc) is 3.04. The number of hydrogen-bond acceptors (Lipinski definition) is 18. The van der Waals surface area contributed by atoms with Gasteiger partial charge in [-0.05, 0) is 129 Å². The van der Waals surface area contributed by atoms with Gasteiger partial charge in [-0.3, -0.25) is 14.4 Å². The van der Waals surface area contributed by atoms with Crippen LogP contribution in [0.15, 0.2) is 36.4 Å². The lowest BCUT2D eigenvalue weighted by Crippen LogP contribution is -2.35. The number of anilines is 6. The van der Waals surface area contributed by atoms with Crippen LogP contribution in [0.1, 0.15) is 119 Å². The van der Waals surface area contributed by atoms with Crippen LogP contribution in [0.5, 0.6) is 0 Å². The molecule has 0 amide bonds. The quantitative estimate of drug-likeness (QED) is 0.134. The molecule has 3 aromatic heterocycles. The Morgan fingerprint density at radius 1 is 0.464 bits per heavy atom. The van der Waals surface area contributed by atoms with Gasteiger partial charge in [0, 0.05) is 73.0 Å². The highest BCUT2D eigenvalue weighted by molar-refractivity contribution is 7.88. The topological polar surface area (TPSA) is 331 Å². The molecule has 1 unspecified atom stereocenters. The Balaban J connectivity index is 0.000000140. The standard InChI is InChI=1S/3C18H22FN5O3S/c3*1-10-7-11(19)8-14-12(3-5-21-16(10)14)18(25)24-17(20)13-4-6-23(28(2,26)27)9-15(13)22-24/h3*7-8,12,21H,3-6,9,20H2,1-2H3/t2*12-;/m10./s1. The zero-order valence-corrected chi connectivity index (χ0v) is 49.5. The van der Waals surface area contributed by atoms with E-state index in [1.54, 1.807) is 20.8 Å². The van der Waals surface area contributed by atoms with E-state index < -0.39 is 65.3 Å². The molecule has 0 aliphatic carbocycles. The van der Waals surface area contributed by atoms with Crippen molar-refractivity contribution in [1.29, 1.82) is 0 Å². The summed E-state index contributed by atoms with van der Waals surface area (Å²) >= 11 is 0. The number of nitrogens with zero attached hydrogens (tertiary/aromatic N) is 9. The summed E-state index contributed by atoms with van der Waals surface area (Å²) in [7, 11) is -10.1. The van der Waals surface area contributed by atoms with Crippen LogP contribution < -0.4 is 33.2 Å². The molecule has 0 saturated heterocycles. The Hall–Kier alpha value is -7.38. The van der Waals surface area contributed by atoms with Crippen molar-refractivity contribution in [3.05, 3.63) is 121 Å². The molecule has 6 aromatic rings. The Bertz CT molecular complexity index is 3650. The number of hydrogen-bond donors (Lipinski definition) is 6. The summed E-state index contributed by atoms with van der Waals surface area (Å²) in [4.78, 5) is 39.7. The van der Waals surface area contributed by atoms with Gasteiger partial charge in [0.25, 0.3) is 17.7 Å². The van der Waals surface area contributed by atoms with Gasteiger partial charge in [0.2, 0.25) is 30.1 Å². The molecule has 0 fully saturated rings. The largest absolute Gasteiger partial charge is 0.385 e. The summed E-state index contributed by atoms with van der Waals surface area (Å²) in [6.45, 7) is 8.31.